The number of anilines is 1. The van der Waals surface area contributed by atoms with Gasteiger partial charge in [-0.05, 0) is 110 Å². The molecule has 3 aromatic rings. The van der Waals surface area contributed by atoms with Gasteiger partial charge in [0.1, 0.15) is 17.2 Å². The summed E-state index contributed by atoms with van der Waals surface area (Å²) in [6, 6.07) is 20.0. The zero-order valence-corrected chi connectivity index (χ0v) is 19.8. The second-order valence-corrected chi connectivity index (χ2v) is 9.27. The molecule has 1 aliphatic rings. The minimum atomic E-state index is 0.171. The monoisotopic (exact) mass is 428 g/mol. The molecule has 0 bridgehead atoms. The van der Waals surface area contributed by atoms with Crippen molar-refractivity contribution in [2.75, 3.05) is 19.1 Å². The summed E-state index contributed by atoms with van der Waals surface area (Å²) >= 11 is 0. The number of methoxy groups -OCH3 is 1. The summed E-state index contributed by atoms with van der Waals surface area (Å²) in [5, 5.41) is 0. The molecule has 0 aromatic heterocycles. The van der Waals surface area contributed by atoms with Gasteiger partial charge in [0.25, 0.3) is 0 Å². The highest BCUT2D eigenvalue weighted by atomic mass is 16.5. The van der Waals surface area contributed by atoms with Crippen LogP contribution in [0.5, 0.6) is 17.2 Å². The normalized spacial score (nSPS) is 17.3. The second-order valence-electron chi connectivity index (χ2n) is 9.27. The van der Waals surface area contributed by atoms with E-state index in [-0.39, 0.29) is 5.54 Å². The Balaban J connectivity index is 1.50. The summed E-state index contributed by atoms with van der Waals surface area (Å²) in [4.78, 5) is 7.13. The maximum absolute atomic E-state index is 5.90. The molecule has 1 atom stereocenters. The molecule has 0 amide bonds. The fraction of sp³-hybridized carbons (Fsp3) is 0.321. The van der Waals surface area contributed by atoms with Crippen LogP contribution in [0.2, 0.25) is 0 Å². The van der Waals surface area contributed by atoms with E-state index in [4.69, 9.17) is 14.5 Å². The van der Waals surface area contributed by atoms with E-state index in [0.717, 1.165) is 29.4 Å². The highest BCUT2D eigenvalue weighted by Crippen LogP contribution is 2.43. The van der Waals surface area contributed by atoms with E-state index in [0.29, 0.717) is 5.92 Å². The van der Waals surface area contributed by atoms with Crippen LogP contribution in [0.3, 0.4) is 0 Å². The third kappa shape index (κ3) is 4.50. The molecular weight excluding hydrogens is 396 g/mol. The van der Waals surface area contributed by atoms with E-state index in [1.807, 2.05) is 54.7 Å². The van der Waals surface area contributed by atoms with Crippen LogP contribution in [0.1, 0.15) is 49.8 Å². The van der Waals surface area contributed by atoms with Crippen molar-refractivity contribution in [3.05, 3.63) is 77.4 Å². The highest BCUT2D eigenvalue weighted by molar-refractivity contribution is 5.86. The maximum atomic E-state index is 5.90. The predicted molar refractivity (Wildman–Crippen MR) is 133 cm³/mol. The SMILES string of the molecule is COc1ccc(Oc2ccc(N=Cc3cc4c(cc3C)N(C)C(C)(C)C[C@@H]4C)cc2)cc1. The molecule has 1 aliphatic heterocycles. The lowest BCUT2D eigenvalue weighted by molar-refractivity contribution is 0.395. The van der Waals surface area contributed by atoms with Gasteiger partial charge in [-0.3, -0.25) is 4.99 Å². The molecule has 0 radical (unpaired) electrons. The van der Waals surface area contributed by atoms with Crippen LogP contribution in [-0.2, 0) is 0 Å². The summed E-state index contributed by atoms with van der Waals surface area (Å²) in [5.41, 5.74) is 6.22. The third-order valence-corrected chi connectivity index (χ3v) is 6.51. The Morgan fingerprint density at radius 2 is 1.56 bits per heavy atom. The second kappa shape index (κ2) is 8.70. The summed E-state index contributed by atoms with van der Waals surface area (Å²) in [6.07, 6.45) is 3.12. The van der Waals surface area contributed by atoms with Crippen LogP contribution in [-0.4, -0.2) is 25.9 Å². The van der Waals surface area contributed by atoms with E-state index in [1.165, 1.54) is 22.4 Å². The molecule has 0 spiro atoms. The van der Waals surface area contributed by atoms with Gasteiger partial charge in [0.05, 0.1) is 12.8 Å². The number of aryl methyl sites for hydroxylation is 1. The van der Waals surface area contributed by atoms with Crippen molar-refractivity contribution < 1.29 is 9.47 Å². The van der Waals surface area contributed by atoms with E-state index in [9.17, 15) is 0 Å². The number of rotatable bonds is 5. The van der Waals surface area contributed by atoms with Crippen LogP contribution < -0.4 is 14.4 Å². The fourth-order valence-corrected chi connectivity index (χ4v) is 4.40. The quantitative estimate of drug-likeness (QED) is 0.401. The molecule has 0 aliphatic carbocycles. The van der Waals surface area contributed by atoms with Gasteiger partial charge in [-0.25, -0.2) is 0 Å². The number of fused-ring (bicyclic) bond motifs is 1. The lowest BCUT2D eigenvalue weighted by Gasteiger charge is -2.45. The topological polar surface area (TPSA) is 34.1 Å². The minimum Gasteiger partial charge on any atom is -0.497 e. The molecule has 4 heteroatoms. The van der Waals surface area contributed by atoms with Gasteiger partial charge in [0.15, 0.2) is 0 Å². The molecular formula is C28H32N2O2. The van der Waals surface area contributed by atoms with Gasteiger partial charge in [0, 0.05) is 24.5 Å². The van der Waals surface area contributed by atoms with Crippen LogP contribution in [0.4, 0.5) is 11.4 Å². The average molecular weight is 429 g/mol. The fourth-order valence-electron chi connectivity index (χ4n) is 4.40. The van der Waals surface area contributed by atoms with Crippen molar-refractivity contribution in [3.63, 3.8) is 0 Å². The van der Waals surface area contributed by atoms with Crippen LogP contribution in [0.15, 0.2) is 65.7 Å². The van der Waals surface area contributed by atoms with Crippen molar-refractivity contribution in [2.45, 2.75) is 45.6 Å². The standard InChI is InChI=1S/C28H32N2O2/c1-19-15-27-26(20(2)17-28(3,4)30(27)5)16-21(19)18-29-22-7-9-24(10-8-22)32-25-13-11-23(31-6)12-14-25/h7-16,18,20H,17H2,1-6H3/t20-/m0/s1. The molecule has 32 heavy (non-hydrogen) atoms. The van der Waals surface area contributed by atoms with Crippen molar-refractivity contribution >= 4 is 17.6 Å². The third-order valence-electron chi connectivity index (χ3n) is 6.51. The van der Waals surface area contributed by atoms with E-state index in [1.54, 1.807) is 7.11 Å². The lowest BCUT2D eigenvalue weighted by atomic mass is 9.79. The van der Waals surface area contributed by atoms with E-state index in [2.05, 4.69) is 51.8 Å². The van der Waals surface area contributed by atoms with Gasteiger partial charge in [0.2, 0.25) is 0 Å². The number of hydrogen-bond acceptors (Lipinski definition) is 4. The molecule has 1 heterocycles. The number of benzene rings is 3. The van der Waals surface area contributed by atoms with Gasteiger partial charge >= 0.3 is 0 Å². The molecule has 3 aromatic carbocycles. The smallest absolute Gasteiger partial charge is 0.127 e. The maximum Gasteiger partial charge on any atom is 0.127 e. The molecule has 4 rings (SSSR count). The lowest BCUT2D eigenvalue weighted by Crippen LogP contribution is -2.45. The molecule has 0 saturated carbocycles. The number of aliphatic imine (C=N–C) groups is 1. The van der Waals surface area contributed by atoms with Crippen LogP contribution in [0.25, 0.3) is 0 Å². The Morgan fingerprint density at radius 3 is 2.19 bits per heavy atom. The summed E-state index contributed by atoms with van der Waals surface area (Å²) < 4.78 is 11.1. The summed E-state index contributed by atoms with van der Waals surface area (Å²) in [5.74, 6) is 2.88. The van der Waals surface area contributed by atoms with Crippen molar-refractivity contribution in [3.8, 4) is 17.2 Å². The Morgan fingerprint density at radius 1 is 0.969 bits per heavy atom. The molecule has 166 valence electrons. The van der Waals surface area contributed by atoms with Gasteiger partial charge in [-0.1, -0.05) is 6.92 Å². The van der Waals surface area contributed by atoms with Crippen LogP contribution in [0, 0.1) is 6.92 Å². The molecule has 0 fully saturated rings. The Kier molecular flexibility index (Phi) is 5.96. The van der Waals surface area contributed by atoms with Crippen molar-refractivity contribution in [2.24, 2.45) is 4.99 Å². The first kappa shape index (κ1) is 21.9. The molecule has 0 N–H and O–H groups in total. The number of nitrogens with zero attached hydrogens (tertiary/aromatic N) is 2. The average Bonchev–Trinajstić information content (AvgIpc) is 2.78. The Hall–Kier alpha value is -3.27. The van der Waals surface area contributed by atoms with Crippen molar-refractivity contribution in [1.82, 2.24) is 0 Å². The van der Waals surface area contributed by atoms with Gasteiger partial charge in [-0.15, -0.1) is 0 Å². The highest BCUT2D eigenvalue weighted by Gasteiger charge is 2.34. The Labute approximate surface area is 191 Å². The first-order chi connectivity index (χ1) is 15.3. The van der Waals surface area contributed by atoms with Crippen LogP contribution >= 0.6 is 0 Å². The largest absolute Gasteiger partial charge is 0.497 e. The van der Waals surface area contributed by atoms with Gasteiger partial charge in [-0.2, -0.15) is 0 Å². The van der Waals surface area contributed by atoms with Gasteiger partial charge < -0.3 is 14.4 Å². The summed E-state index contributed by atoms with van der Waals surface area (Å²) in [6.45, 7) is 9.12. The molecule has 0 saturated heterocycles. The van der Waals surface area contributed by atoms with E-state index < -0.39 is 0 Å². The van der Waals surface area contributed by atoms with Crippen molar-refractivity contribution in [1.29, 1.82) is 0 Å². The minimum absolute atomic E-state index is 0.171. The summed E-state index contributed by atoms with van der Waals surface area (Å²) in [7, 11) is 3.86. The van der Waals surface area contributed by atoms with E-state index >= 15 is 0 Å². The number of ether oxygens (including phenoxy) is 2. The molecule has 0 unspecified atom stereocenters. The zero-order valence-electron chi connectivity index (χ0n) is 19.8. The molecule has 4 nitrogen and oxygen atoms in total. The first-order valence-electron chi connectivity index (χ1n) is 11.1. The first-order valence-corrected chi connectivity index (χ1v) is 11.1. The predicted octanol–water partition coefficient (Wildman–Crippen LogP) is 7.27. The zero-order chi connectivity index (χ0) is 22.9. The number of hydrogen-bond donors (Lipinski definition) is 0. The Bertz CT molecular complexity index is 1120.